The molecule has 0 saturated heterocycles. The number of aromatic nitrogens is 1. The van der Waals surface area contributed by atoms with E-state index in [0.717, 1.165) is 23.9 Å². The van der Waals surface area contributed by atoms with Crippen LogP contribution in [0.15, 0.2) is 18.2 Å². The minimum atomic E-state index is 0.436. The Morgan fingerprint density at radius 2 is 1.90 bits per heavy atom. The van der Waals surface area contributed by atoms with E-state index in [9.17, 15) is 0 Å². The molecule has 0 bridgehead atoms. The van der Waals surface area contributed by atoms with Crippen LogP contribution in [0.25, 0.3) is 0 Å². The highest BCUT2D eigenvalue weighted by Crippen LogP contribution is 2.26. The second kappa shape index (κ2) is 7.75. The number of rotatable bonds is 6. The third-order valence-corrected chi connectivity index (χ3v) is 3.99. The number of hydrogen-bond donors (Lipinski definition) is 1. The van der Waals surface area contributed by atoms with Crippen molar-refractivity contribution in [3.05, 3.63) is 29.6 Å². The molecule has 1 saturated carbocycles. The molecule has 1 N–H and O–H groups in total. The van der Waals surface area contributed by atoms with E-state index in [4.69, 9.17) is 4.74 Å². The lowest BCUT2D eigenvalue weighted by molar-refractivity contribution is 0.00721. The Balaban J connectivity index is 1.79. The first-order valence-electron chi connectivity index (χ1n) is 7.93. The molecule has 0 spiro atoms. The van der Waals surface area contributed by atoms with Crippen LogP contribution in [0.4, 0.5) is 0 Å². The van der Waals surface area contributed by atoms with E-state index in [1.54, 1.807) is 0 Å². The fourth-order valence-electron chi connectivity index (χ4n) is 2.62. The largest absolute Gasteiger partial charge is 0.372 e. The first-order chi connectivity index (χ1) is 9.63. The number of nitrogens with one attached hydrogen (secondary N) is 1. The average molecular weight is 276 g/mol. The van der Waals surface area contributed by atoms with Crippen molar-refractivity contribution in [2.75, 3.05) is 0 Å². The summed E-state index contributed by atoms with van der Waals surface area (Å²) in [5.74, 6) is 0.874. The molecule has 0 aliphatic heterocycles. The van der Waals surface area contributed by atoms with Gasteiger partial charge in [0, 0.05) is 12.6 Å². The Bertz CT molecular complexity index is 398. The quantitative estimate of drug-likeness (QED) is 0.860. The molecule has 1 heterocycles. The second-order valence-corrected chi connectivity index (χ2v) is 6.35. The van der Waals surface area contributed by atoms with Gasteiger partial charge in [0.1, 0.15) is 0 Å². The van der Waals surface area contributed by atoms with Crippen LogP contribution in [0.1, 0.15) is 57.8 Å². The molecule has 1 fully saturated rings. The summed E-state index contributed by atoms with van der Waals surface area (Å²) in [6.45, 7) is 8.11. The van der Waals surface area contributed by atoms with Crippen molar-refractivity contribution in [3.8, 4) is 0 Å². The van der Waals surface area contributed by atoms with E-state index in [-0.39, 0.29) is 0 Å². The monoisotopic (exact) mass is 276 g/mol. The molecule has 0 aromatic carbocycles. The van der Waals surface area contributed by atoms with Crippen LogP contribution in [0, 0.1) is 5.92 Å². The van der Waals surface area contributed by atoms with E-state index >= 15 is 0 Å². The third-order valence-electron chi connectivity index (χ3n) is 3.99. The van der Waals surface area contributed by atoms with Crippen molar-refractivity contribution in [3.63, 3.8) is 0 Å². The molecule has 0 radical (unpaired) electrons. The summed E-state index contributed by atoms with van der Waals surface area (Å²) >= 11 is 0. The van der Waals surface area contributed by atoms with E-state index < -0.39 is 0 Å². The van der Waals surface area contributed by atoms with E-state index in [2.05, 4.69) is 49.3 Å². The zero-order chi connectivity index (χ0) is 14.4. The summed E-state index contributed by atoms with van der Waals surface area (Å²) in [6.07, 6.45) is 5.45. The highest BCUT2D eigenvalue weighted by Gasteiger charge is 2.18. The van der Waals surface area contributed by atoms with Crippen molar-refractivity contribution in [2.24, 2.45) is 5.92 Å². The summed E-state index contributed by atoms with van der Waals surface area (Å²) in [4.78, 5) is 4.66. The number of pyridine rings is 1. The molecule has 0 amide bonds. The molecular formula is C17H28N2O. The fourth-order valence-corrected chi connectivity index (χ4v) is 2.62. The van der Waals surface area contributed by atoms with Gasteiger partial charge in [0.05, 0.1) is 24.1 Å². The Kier molecular flexibility index (Phi) is 5.99. The Hall–Kier alpha value is -0.930. The van der Waals surface area contributed by atoms with Gasteiger partial charge in [-0.15, -0.1) is 0 Å². The van der Waals surface area contributed by atoms with Crippen LogP contribution in [0.5, 0.6) is 0 Å². The highest BCUT2D eigenvalue weighted by molar-refractivity contribution is 5.10. The van der Waals surface area contributed by atoms with Crippen LogP contribution in [0.3, 0.4) is 0 Å². The molecule has 112 valence electrons. The van der Waals surface area contributed by atoms with Gasteiger partial charge in [-0.1, -0.05) is 26.8 Å². The highest BCUT2D eigenvalue weighted by atomic mass is 16.5. The third kappa shape index (κ3) is 5.22. The molecule has 1 aromatic heterocycles. The standard InChI is InChI=1S/C17H28N2O/c1-13(2)18-11-15-5-4-6-16(19-15)12-20-17-9-7-14(3)8-10-17/h4-6,13-14,17-18H,7-12H2,1-3H3. The molecule has 2 rings (SSSR count). The number of hydrogen-bond acceptors (Lipinski definition) is 3. The summed E-state index contributed by atoms with van der Waals surface area (Å²) in [7, 11) is 0. The van der Waals surface area contributed by atoms with Gasteiger partial charge in [0.2, 0.25) is 0 Å². The first-order valence-corrected chi connectivity index (χ1v) is 7.93. The minimum absolute atomic E-state index is 0.436. The lowest BCUT2D eigenvalue weighted by Gasteiger charge is -2.26. The summed E-state index contributed by atoms with van der Waals surface area (Å²) in [5, 5.41) is 3.40. The fraction of sp³-hybridized carbons (Fsp3) is 0.706. The SMILES string of the molecule is CC1CCC(OCc2cccc(CNC(C)C)n2)CC1. The van der Waals surface area contributed by atoms with E-state index in [1.807, 2.05) is 0 Å². The molecule has 3 heteroatoms. The Morgan fingerprint density at radius 3 is 2.60 bits per heavy atom. The molecular weight excluding hydrogens is 248 g/mol. The van der Waals surface area contributed by atoms with Gasteiger partial charge >= 0.3 is 0 Å². The van der Waals surface area contributed by atoms with Crippen molar-refractivity contribution >= 4 is 0 Å². The van der Waals surface area contributed by atoms with Gasteiger partial charge in [0.25, 0.3) is 0 Å². The minimum Gasteiger partial charge on any atom is -0.372 e. The topological polar surface area (TPSA) is 34.1 Å². The van der Waals surface area contributed by atoms with Gasteiger partial charge in [0.15, 0.2) is 0 Å². The normalized spacial score (nSPS) is 23.2. The van der Waals surface area contributed by atoms with Crippen molar-refractivity contribution in [1.82, 2.24) is 10.3 Å². The smallest absolute Gasteiger partial charge is 0.0891 e. The number of nitrogens with zero attached hydrogens (tertiary/aromatic N) is 1. The lowest BCUT2D eigenvalue weighted by atomic mass is 9.89. The maximum Gasteiger partial charge on any atom is 0.0891 e. The van der Waals surface area contributed by atoms with Crippen molar-refractivity contribution < 1.29 is 4.74 Å². The lowest BCUT2D eigenvalue weighted by Crippen LogP contribution is -2.23. The average Bonchev–Trinajstić information content (AvgIpc) is 2.45. The van der Waals surface area contributed by atoms with Crippen LogP contribution >= 0.6 is 0 Å². The van der Waals surface area contributed by atoms with Crippen molar-refractivity contribution in [2.45, 2.75) is 71.8 Å². The summed E-state index contributed by atoms with van der Waals surface area (Å²) < 4.78 is 6.02. The first kappa shape index (κ1) is 15.5. The summed E-state index contributed by atoms with van der Waals surface area (Å²) in [6, 6.07) is 6.69. The predicted octanol–water partition coefficient (Wildman–Crippen LogP) is 3.67. The molecule has 1 aromatic rings. The van der Waals surface area contributed by atoms with E-state index in [0.29, 0.717) is 18.8 Å². The predicted molar refractivity (Wildman–Crippen MR) is 82.4 cm³/mol. The van der Waals surface area contributed by atoms with Crippen LogP contribution < -0.4 is 5.32 Å². The van der Waals surface area contributed by atoms with Crippen molar-refractivity contribution in [1.29, 1.82) is 0 Å². The zero-order valence-corrected chi connectivity index (χ0v) is 13.1. The summed E-state index contributed by atoms with van der Waals surface area (Å²) in [5.41, 5.74) is 2.14. The Labute approximate surface area is 123 Å². The maximum atomic E-state index is 6.02. The molecule has 1 aliphatic carbocycles. The van der Waals surface area contributed by atoms with Gasteiger partial charge in [-0.2, -0.15) is 0 Å². The Morgan fingerprint density at radius 1 is 1.20 bits per heavy atom. The molecule has 3 nitrogen and oxygen atoms in total. The number of ether oxygens (including phenoxy) is 1. The molecule has 0 atom stereocenters. The van der Waals surface area contributed by atoms with E-state index in [1.165, 1.54) is 25.7 Å². The van der Waals surface area contributed by atoms with Crippen LogP contribution in [0.2, 0.25) is 0 Å². The molecule has 0 unspecified atom stereocenters. The molecule has 20 heavy (non-hydrogen) atoms. The second-order valence-electron chi connectivity index (χ2n) is 6.35. The zero-order valence-electron chi connectivity index (χ0n) is 13.1. The van der Waals surface area contributed by atoms with Crippen LogP contribution in [-0.2, 0) is 17.9 Å². The molecule has 1 aliphatic rings. The maximum absolute atomic E-state index is 6.02. The van der Waals surface area contributed by atoms with Crippen LogP contribution in [-0.4, -0.2) is 17.1 Å². The van der Waals surface area contributed by atoms with Gasteiger partial charge < -0.3 is 10.1 Å². The van der Waals surface area contributed by atoms with Gasteiger partial charge in [-0.3, -0.25) is 4.98 Å². The van der Waals surface area contributed by atoms with Gasteiger partial charge in [-0.05, 0) is 43.7 Å². The van der Waals surface area contributed by atoms with Gasteiger partial charge in [-0.25, -0.2) is 0 Å².